The first-order chi connectivity index (χ1) is 13.3. The highest BCUT2D eigenvalue weighted by Gasteiger charge is 2.26. The molecule has 1 saturated heterocycles. The number of hydrogen-bond acceptors (Lipinski definition) is 5. The Balaban J connectivity index is 1.82. The van der Waals surface area contributed by atoms with E-state index in [-0.39, 0.29) is 0 Å². The van der Waals surface area contributed by atoms with Gasteiger partial charge in [0.1, 0.15) is 11.5 Å². The van der Waals surface area contributed by atoms with Crippen LogP contribution >= 0.6 is 27.3 Å². The number of hydrogen-bond donors (Lipinski definition) is 0. The van der Waals surface area contributed by atoms with E-state index in [0.29, 0.717) is 24.4 Å². The largest absolute Gasteiger partial charge is 0.342 e. The molecule has 0 bridgehead atoms. The van der Waals surface area contributed by atoms with Gasteiger partial charge in [-0.05, 0) is 31.0 Å². The molecule has 0 spiro atoms. The van der Waals surface area contributed by atoms with Crippen molar-refractivity contribution in [2.24, 2.45) is 4.99 Å². The average molecular weight is 486 g/mol. The van der Waals surface area contributed by atoms with Crippen LogP contribution in [0.2, 0.25) is 0 Å². The molecule has 1 aliphatic heterocycles. The van der Waals surface area contributed by atoms with E-state index in [1.165, 1.54) is 16.2 Å². The maximum atomic E-state index is 12.3. The lowest BCUT2D eigenvalue weighted by molar-refractivity contribution is -0.127. The molecule has 0 unspecified atom stereocenters. The number of likely N-dealkylation sites (tertiary alicyclic amines) is 1. The van der Waals surface area contributed by atoms with Crippen LogP contribution in [0, 0.1) is 0 Å². The van der Waals surface area contributed by atoms with Gasteiger partial charge in [-0.25, -0.2) is 8.42 Å². The van der Waals surface area contributed by atoms with E-state index in [4.69, 9.17) is 0 Å². The number of thiazole rings is 1. The first-order valence-electron chi connectivity index (χ1n) is 8.74. The van der Waals surface area contributed by atoms with Crippen LogP contribution in [-0.4, -0.2) is 54.3 Å². The number of rotatable bonds is 6. The highest BCUT2D eigenvalue weighted by molar-refractivity contribution is 9.10. The zero-order chi connectivity index (χ0) is 20.3. The van der Waals surface area contributed by atoms with Crippen LogP contribution in [0.4, 0.5) is 0 Å². The summed E-state index contributed by atoms with van der Waals surface area (Å²) in [6.07, 6.45) is 3.44. The number of nitrogens with zero attached hydrogens (tertiary/aromatic N) is 3. The molecule has 3 rings (SSSR count). The predicted molar refractivity (Wildman–Crippen MR) is 113 cm³/mol. The summed E-state index contributed by atoms with van der Waals surface area (Å²) in [5.74, 6) is -2.66. The van der Waals surface area contributed by atoms with Crippen molar-refractivity contribution < 1.29 is 18.0 Å². The minimum absolute atomic E-state index is 0.402. The quantitative estimate of drug-likeness (QED) is 0.586. The van der Waals surface area contributed by atoms with Gasteiger partial charge >= 0.3 is 0 Å². The minimum Gasteiger partial charge on any atom is -0.342 e. The van der Waals surface area contributed by atoms with Gasteiger partial charge in [0.2, 0.25) is 5.91 Å². The fourth-order valence-corrected chi connectivity index (χ4v) is 5.77. The van der Waals surface area contributed by atoms with Crippen molar-refractivity contribution in [2.45, 2.75) is 19.4 Å². The van der Waals surface area contributed by atoms with Crippen LogP contribution in [0.5, 0.6) is 0 Å². The molecule has 2 amide bonds. The molecule has 1 aromatic carbocycles. The molecule has 2 heterocycles. The normalized spacial score (nSPS) is 15.3. The van der Waals surface area contributed by atoms with Gasteiger partial charge in [-0.15, -0.1) is 6.58 Å². The van der Waals surface area contributed by atoms with E-state index >= 15 is 0 Å². The molecule has 0 radical (unpaired) electrons. The SMILES string of the molecule is C=CCn1c(=NC(=O)CS(=O)(=O)CC(=O)N2CCCC2)sc2cc(Br)ccc21. The van der Waals surface area contributed by atoms with Crippen LogP contribution in [0.3, 0.4) is 0 Å². The molecule has 0 aliphatic carbocycles. The molecule has 1 aliphatic rings. The van der Waals surface area contributed by atoms with E-state index in [1.807, 2.05) is 18.2 Å². The highest BCUT2D eigenvalue weighted by atomic mass is 79.9. The van der Waals surface area contributed by atoms with Gasteiger partial charge < -0.3 is 9.47 Å². The molecule has 2 aromatic rings. The van der Waals surface area contributed by atoms with Crippen LogP contribution in [-0.2, 0) is 26.0 Å². The van der Waals surface area contributed by atoms with Crippen LogP contribution in [0.1, 0.15) is 12.8 Å². The maximum absolute atomic E-state index is 12.3. The third-order valence-electron chi connectivity index (χ3n) is 4.32. The highest BCUT2D eigenvalue weighted by Crippen LogP contribution is 2.22. The van der Waals surface area contributed by atoms with Gasteiger partial charge in [0.15, 0.2) is 14.6 Å². The standard InChI is InChI=1S/C18H20BrN3O4S2/c1-2-7-22-14-6-5-13(19)10-15(14)27-18(22)20-16(23)11-28(25,26)12-17(24)21-8-3-4-9-21/h2,5-6,10H,1,3-4,7-9,11-12H2. The molecule has 150 valence electrons. The number of benzene rings is 1. The second-order valence-electron chi connectivity index (χ2n) is 6.52. The Labute approximate surface area is 175 Å². The molecule has 0 saturated carbocycles. The number of sulfone groups is 1. The van der Waals surface area contributed by atoms with E-state index in [1.54, 1.807) is 10.6 Å². The van der Waals surface area contributed by atoms with E-state index in [0.717, 1.165) is 27.5 Å². The summed E-state index contributed by atoms with van der Waals surface area (Å²) in [6.45, 7) is 5.31. The number of amides is 2. The predicted octanol–water partition coefficient (Wildman–Crippen LogP) is 2.12. The lowest BCUT2D eigenvalue weighted by Gasteiger charge is -2.14. The smallest absolute Gasteiger partial charge is 0.263 e. The van der Waals surface area contributed by atoms with Gasteiger partial charge in [0, 0.05) is 24.1 Å². The Morgan fingerprint density at radius 3 is 2.64 bits per heavy atom. The number of allylic oxidation sites excluding steroid dienone is 1. The summed E-state index contributed by atoms with van der Waals surface area (Å²) in [4.78, 5) is 30.3. The van der Waals surface area contributed by atoms with Crippen LogP contribution in [0.15, 0.2) is 40.3 Å². The first-order valence-corrected chi connectivity index (χ1v) is 12.2. The van der Waals surface area contributed by atoms with Crippen molar-refractivity contribution in [3.63, 3.8) is 0 Å². The topological polar surface area (TPSA) is 88.8 Å². The van der Waals surface area contributed by atoms with Crippen molar-refractivity contribution in [1.82, 2.24) is 9.47 Å². The van der Waals surface area contributed by atoms with Crippen molar-refractivity contribution in [3.05, 3.63) is 40.1 Å². The molecule has 10 heteroatoms. The van der Waals surface area contributed by atoms with Crippen molar-refractivity contribution >= 4 is 59.1 Å². The second kappa shape index (κ2) is 8.71. The van der Waals surface area contributed by atoms with Gasteiger partial charge in [0.05, 0.1) is 10.2 Å². The van der Waals surface area contributed by atoms with Crippen LogP contribution in [0.25, 0.3) is 10.2 Å². The zero-order valence-corrected chi connectivity index (χ0v) is 18.4. The Bertz CT molecular complexity index is 1100. The number of halogens is 1. The van der Waals surface area contributed by atoms with Gasteiger partial charge in [-0.2, -0.15) is 4.99 Å². The lowest BCUT2D eigenvalue weighted by Crippen LogP contribution is -2.35. The molecule has 0 N–H and O–H groups in total. The Hall–Kier alpha value is -1.78. The first kappa shape index (κ1) is 20.9. The summed E-state index contributed by atoms with van der Waals surface area (Å²) in [5.41, 5.74) is 0.881. The molecular formula is C18H20BrN3O4S2. The molecule has 28 heavy (non-hydrogen) atoms. The van der Waals surface area contributed by atoms with Crippen molar-refractivity contribution in [1.29, 1.82) is 0 Å². The summed E-state index contributed by atoms with van der Waals surface area (Å²) in [6, 6.07) is 5.69. The number of aromatic nitrogens is 1. The van der Waals surface area contributed by atoms with E-state index < -0.39 is 33.2 Å². The molecule has 7 nitrogen and oxygen atoms in total. The molecule has 1 fully saturated rings. The maximum Gasteiger partial charge on any atom is 0.263 e. The zero-order valence-electron chi connectivity index (χ0n) is 15.1. The Morgan fingerprint density at radius 1 is 1.25 bits per heavy atom. The minimum atomic E-state index is -3.87. The Morgan fingerprint density at radius 2 is 1.96 bits per heavy atom. The molecule has 0 atom stereocenters. The van der Waals surface area contributed by atoms with E-state index in [2.05, 4.69) is 27.5 Å². The van der Waals surface area contributed by atoms with E-state index in [9.17, 15) is 18.0 Å². The molecular weight excluding hydrogens is 466 g/mol. The summed E-state index contributed by atoms with van der Waals surface area (Å²) in [7, 11) is -3.87. The summed E-state index contributed by atoms with van der Waals surface area (Å²) >= 11 is 4.71. The third-order valence-corrected chi connectivity index (χ3v) is 7.23. The van der Waals surface area contributed by atoms with Crippen molar-refractivity contribution in [2.75, 3.05) is 24.6 Å². The van der Waals surface area contributed by atoms with Crippen LogP contribution < -0.4 is 4.80 Å². The van der Waals surface area contributed by atoms with Crippen molar-refractivity contribution in [3.8, 4) is 0 Å². The van der Waals surface area contributed by atoms with Gasteiger partial charge in [-0.1, -0.05) is 33.3 Å². The number of fused-ring (bicyclic) bond motifs is 1. The monoisotopic (exact) mass is 485 g/mol. The Kier molecular flexibility index (Phi) is 6.51. The average Bonchev–Trinajstić information content (AvgIpc) is 3.23. The summed E-state index contributed by atoms with van der Waals surface area (Å²) < 4.78 is 28.2. The fraction of sp³-hybridized carbons (Fsp3) is 0.389. The fourth-order valence-electron chi connectivity index (χ4n) is 3.06. The lowest BCUT2D eigenvalue weighted by atomic mass is 10.3. The number of carbonyl (C=O) groups excluding carboxylic acids is 2. The summed E-state index contributed by atoms with van der Waals surface area (Å²) in [5, 5.41) is 0. The van der Waals surface area contributed by atoms with Gasteiger partial charge in [-0.3, -0.25) is 9.59 Å². The second-order valence-corrected chi connectivity index (χ2v) is 10.5. The molecule has 1 aromatic heterocycles. The van der Waals surface area contributed by atoms with Gasteiger partial charge in [0.25, 0.3) is 5.91 Å². The third kappa shape index (κ3) is 4.98. The number of carbonyl (C=O) groups is 2.